The molecule has 0 saturated heterocycles. The largest absolute Gasteiger partial charge is 0.496 e. The van der Waals surface area contributed by atoms with Gasteiger partial charge in [0.2, 0.25) is 0 Å². The number of fused-ring (bicyclic) bond motifs is 3. The molecule has 2 aromatic carbocycles. The van der Waals surface area contributed by atoms with E-state index in [1.54, 1.807) is 25.3 Å². The van der Waals surface area contributed by atoms with Gasteiger partial charge in [-0.2, -0.15) is 9.78 Å². The Labute approximate surface area is 148 Å². The molecule has 4 aromatic rings. The maximum Gasteiger partial charge on any atom is 0.298 e. The highest BCUT2D eigenvalue weighted by Gasteiger charge is 2.10. The number of aromatic nitrogens is 3. The van der Waals surface area contributed by atoms with Gasteiger partial charge in [0.15, 0.2) is 0 Å². The Kier molecular flexibility index (Phi) is 3.98. The summed E-state index contributed by atoms with van der Waals surface area (Å²) in [6.07, 6.45) is 2.94. The van der Waals surface area contributed by atoms with Crippen LogP contribution in [-0.4, -0.2) is 33.1 Å². The number of nitrogens with zero attached hydrogens (tertiary/aromatic N) is 3. The van der Waals surface area contributed by atoms with Gasteiger partial charge in [-0.05, 0) is 29.8 Å². The maximum absolute atomic E-state index is 12.7. The smallest absolute Gasteiger partial charge is 0.298 e. The number of rotatable bonds is 4. The topological polar surface area (TPSA) is 92.5 Å². The number of nitrogens with one attached hydrogen (secondary N) is 1. The lowest BCUT2D eigenvalue weighted by Gasteiger charge is -2.06. The Morgan fingerprint density at radius 1 is 1.31 bits per heavy atom. The van der Waals surface area contributed by atoms with Crippen LogP contribution in [-0.2, 0) is 6.61 Å². The van der Waals surface area contributed by atoms with Crippen LogP contribution in [0.1, 0.15) is 11.1 Å². The Bertz CT molecular complexity index is 1190. The summed E-state index contributed by atoms with van der Waals surface area (Å²) in [5.74, 6) is 0.600. The van der Waals surface area contributed by atoms with Crippen molar-refractivity contribution in [2.24, 2.45) is 5.10 Å². The van der Waals surface area contributed by atoms with Crippen LogP contribution in [0, 0.1) is 0 Å². The van der Waals surface area contributed by atoms with Crippen molar-refractivity contribution in [3.05, 3.63) is 70.3 Å². The summed E-state index contributed by atoms with van der Waals surface area (Å²) >= 11 is 0. The fourth-order valence-corrected chi connectivity index (χ4v) is 2.91. The van der Waals surface area contributed by atoms with Gasteiger partial charge < -0.3 is 14.8 Å². The van der Waals surface area contributed by atoms with Gasteiger partial charge in [-0.3, -0.25) is 4.79 Å². The molecule has 0 bridgehead atoms. The van der Waals surface area contributed by atoms with Crippen molar-refractivity contribution in [2.45, 2.75) is 6.61 Å². The molecule has 26 heavy (non-hydrogen) atoms. The number of ether oxygens (including phenoxy) is 1. The second-order valence-corrected chi connectivity index (χ2v) is 5.76. The molecule has 0 fully saturated rings. The summed E-state index contributed by atoms with van der Waals surface area (Å²) in [7, 11) is 1.54. The van der Waals surface area contributed by atoms with E-state index in [1.807, 2.05) is 24.3 Å². The molecule has 0 aliphatic heterocycles. The minimum absolute atomic E-state index is 0.145. The first-order valence-corrected chi connectivity index (χ1v) is 8.01. The molecule has 2 heterocycles. The molecule has 4 rings (SSSR count). The van der Waals surface area contributed by atoms with Gasteiger partial charge in [-0.15, -0.1) is 0 Å². The second kappa shape index (κ2) is 6.45. The predicted octanol–water partition coefficient (Wildman–Crippen LogP) is 2.26. The van der Waals surface area contributed by atoms with Crippen LogP contribution in [0.2, 0.25) is 0 Å². The number of benzene rings is 2. The molecule has 0 spiro atoms. The molecule has 0 saturated carbocycles. The van der Waals surface area contributed by atoms with Crippen LogP contribution in [0.15, 0.2) is 58.7 Å². The van der Waals surface area contributed by atoms with Gasteiger partial charge in [-0.1, -0.05) is 18.2 Å². The minimum Gasteiger partial charge on any atom is -0.496 e. The number of methoxy groups -OCH3 is 1. The van der Waals surface area contributed by atoms with E-state index < -0.39 is 0 Å². The summed E-state index contributed by atoms with van der Waals surface area (Å²) in [5, 5.41) is 14.5. The first-order valence-electron chi connectivity index (χ1n) is 8.01. The van der Waals surface area contributed by atoms with Crippen LogP contribution in [0.5, 0.6) is 5.75 Å². The molecule has 7 heteroatoms. The third-order valence-electron chi connectivity index (χ3n) is 4.20. The summed E-state index contributed by atoms with van der Waals surface area (Å²) in [6, 6.07) is 12.9. The Hall–Kier alpha value is -3.45. The van der Waals surface area contributed by atoms with Crippen molar-refractivity contribution in [1.82, 2.24) is 14.6 Å². The predicted molar refractivity (Wildman–Crippen MR) is 99.8 cm³/mol. The van der Waals surface area contributed by atoms with Gasteiger partial charge in [0, 0.05) is 16.5 Å². The Morgan fingerprint density at radius 3 is 2.96 bits per heavy atom. The van der Waals surface area contributed by atoms with Gasteiger partial charge in [0.1, 0.15) is 23.1 Å². The number of para-hydroxylation sites is 1. The van der Waals surface area contributed by atoms with E-state index in [9.17, 15) is 9.90 Å². The van der Waals surface area contributed by atoms with Crippen molar-refractivity contribution in [1.29, 1.82) is 0 Å². The number of hydrogen-bond acceptors (Lipinski definition) is 5. The van der Waals surface area contributed by atoms with E-state index in [0.717, 1.165) is 16.5 Å². The zero-order valence-electron chi connectivity index (χ0n) is 14.0. The van der Waals surface area contributed by atoms with Crippen molar-refractivity contribution in [3.8, 4) is 5.75 Å². The van der Waals surface area contributed by atoms with E-state index in [-0.39, 0.29) is 12.2 Å². The fraction of sp³-hybridized carbons (Fsp3) is 0.105. The zero-order chi connectivity index (χ0) is 18.1. The first-order chi connectivity index (χ1) is 12.7. The van der Waals surface area contributed by atoms with Gasteiger partial charge in [0.25, 0.3) is 5.56 Å². The molecule has 2 N–H and O–H groups in total. The third kappa shape index (κ3) is 2.64. The number of aliphatic hydroxyl groups is 1. The van der Waals surface area contributed by atoms with Crippen LogP contribution in [0.4, 0.5) is 0 Å². The SMILES string of the molecule is COc1ccc(/C=N\n2cnc3c([nH]c4ccccc43)c2=O)cc1CO. The number of aliphatic hydroxyl groups excluding tert-OH is 1. The average Bonchev–Trinajstić information content (AvgIpc) is 3.07. The lowest BCUT2D eigenvalue weighted by Crippen LogP contribution is -2.17. The lowest BCUT2D eigenvalue weighted by atomic mass is 10.1. The standard InChI is InChI=1S/C19H16N4O3/c1-26-16-7-6-12(8-13(16)10-24)9-21-23-11-20-17-14-4-2-3-5-15(14)22-18(17)19(23)25/h2-9,11,22,24H,10H2,1H3/b21-9-. The molecule has 130 valence electrons. The summed E-state index contributed by atoms with van der Waals surface area (Å²) < 4.78 is 6.36. The molecule has 0 radical (unpaired) electrons. The van der Waals surface area contributed by atoms with Crippen LogP contribution in [0.25, 0.3) is 21.9 Å². The summed E-state index contributed by atoms with van der Waals surface area (Å²) in [6.45, 7) is -0.145. The van der Waals surface area contributed by atoms with E-state index in [1.165, 1.54) is 17.2 Å². The van der Waals surface area contributed by atoms with E-state index in [2.05, 4.69) is 15.1 Å². The van der Waals surface area contributed by atoms with Gasteiger partial charge >= 0.3 is 0 Å². The van der Waals surface area contributed by atoms with Crippen molar-refractivity contribution < 1.29 is 9.84 Å². The fourth-order valence-electron chi connectivity index (χ4n) is 2.91. The van der Waals surface area contributed by atoms with Crippen LogP contribution >= 0.6 is 0 Å². The Balaban J connectivity index is 1.75. The highest BCUT2D eigenvalue weighted by Crippen LogP contribution is 2.21. The van der Waals surface area contributed by atoms with Crippen molar-refractivity contribution in [3.63, 3.8) is 0 Å². The van der Waals surface area contributed by atoms with Gasteiger partial charge in [-0.25, -0.2) is 4.98 Å². The molecule has 0 amide bonds. The molecule has 0 aliphatic rings. The number of H-pyrrole nitrogens is 1. The monoisotopic (exact) mass is 348 g/mol. The summed E-state index contributed by atoms with van der Waals surface area (Å²) in [5.41, 5.74) is 3.00. The molecular weight excluding hydrogens is 332 g/mol. The maximum atomic E-state index is 12.7. The van der Waals surface area contributed by atoms with Crippen LogP contribution < -0.4 is 10.3 Å². The quantitative estimate of drug-likeness (QED) is 0.553. The molecule has 0 atom stereocenters. The molecule has 7 nitrogen and oxygen atoms in total. The highest BCUT2D eigenvalue weighted by atomic mass is 16.5. The molecule has 2 aromatic heterocycles. The lowest BCUT2D eigenvalue weighted by molar-refractivity contribution is 0.274. The van der Waals surface area contributed by atoms with Crippen LogP contribution in [0.3, 0.4) is 0 Å². The van der Waals surface area contributed by atoms with Gasteiger partial charge in [0.05, 0.1) is 19.9 Å². The molecule has 0 aliphatic carbocycles. The second-order valence-electron chi connectivity index (χ2n) is 5.76. The number of hydrogen-bond donors (Lipinski definition) is 2. The highest BCUT2D eigenvalue weighted by molar-refractivity contribution is 6.04. The molecular formula is C19H16N4O3. The minimum atomic E-state index is -0.279. The zero-order valence-corrected chi connectivity index (χ0v) is 14.0. The Morgan fingerprint density at radius 2 is 2.15 bits per heavy atom. The average molecular weight is 348 g/mol. The summed E-state index contributed by atoms with van der Waals surface area (Å²) in [4.78, 5) is 20.1. The van der Waals surface area contributed by atoms with E-state index in [0.29, 0.717) is 22.3 Å². The normalized spacial score (nSPS) is 11.6. The first kappa shape index (κ1) is 16.0. The van der Waals surface area contributed by atoms with Crippen molar-refractivity contribution >= 4 is 28.2 Å². The van der Waals surface area contributed by atoms with E-state index in [4.69, 9.17) is 4.74 Å². The number of aromatic amines is 1. The molecule has 0 unspecified atom stereocenters. The van der Waals surface area contributed by atoms with E-state index >= 15 is 0 Å². The third-order valence-corrected chi connectivity index (χ3v) is 4.20. The van der Waals surface area contributed by atoms with Crippen molar-refractivity contribution in [2.75, 3.05) is 7.11 Å².